The zero-order valence-corrected chi connectivity index (χ0v) is 34.1. The van der Waals surface area contributed by atoms with E-state index in [0.717, 1.165) is 55.3 Å². The lowest BCUT2D eigenvalue weighted by Crippen LogP contribution is -2.34. The fourth-order valence-corrected chi connectivity index (χ4v) is 8.58. The van der Waals surface area contributed by atoms with E-state index >= 15 is 0 Å². The summed E-state index contributed by atoms with van der Waals surface area (Å²) < 4.78 is 32.1. The van der Waals surface area contributed by atoms with Gasteiger partial charge in [0.2, 0.25) is 0 Å². The first-order valence-electron chi connectivity index (χ1n) is 20.3. The van der Waals surface area contributed by atoms with Crippen molar-refractivity contribution in [1.29, 1.82) is 0 Å². The summed E-state index contributed by atoms with van der Waals surface area (Å²) in [5.74, 6) is 4.04. The van der Waals surface area contributed by atoms with Gasteiger partial charge in [0.05, 0.1) is 27.4 Å². The molecule has 1 amide bonds. The van der Waals surface area contributed by atoms with Crippen LogP contribution in [0.15, 0.2) is 84.9 Å². The Kier molecular flexibility index (Phi) is 11.9. The maximum absolute atomic E-state index is 12.7. The Balaban J connectivity index is 1.15. The highest BCUT2D eigenvalue weighted by molar-refractivity contribution is 5.94. The molecule has 4 aliphatic heterocycles. The maximum atomic E-state index is 12.7. The van der Waals surface area contributed by atoms with Crippen molar-refractivity contribution in [3.63, 3.8) is 0 Å². The molecule has 9 rings (SSSR count). The molecule has 0 spiro atoms. The smallest absolute Gasteiger partial charge is 0.251 e. The van der Waals surface area contributed by atoms with Crippen LogP contribution in [0.3, 0.4) is 0 Å². The van der Waals surface area contributed by atoms with Gasteiger partial charge >= 0.3 is 0 Å². The lowest BCUT2D eigenvalue weighted by atomic mass is 9.86. The largest absolute Gasteiger partial charge is 0.493 e. The molecule has 4 aliphatic rings. The number of fused-ring (bicyclic) bond motifs is 2. The third-order valence-electron chi connectivity index (χ3n) is 11.9. The Bertz CT molecular complexity index is 2330. The third-order valence-corrected chi connectivity index (χ3v) is 11.9. The number of nitrogens with zero attached hydrogens (tertiary/aromatic N) is 2. The zero-order valence-electron chi connectivity index (χ0n) is 34.1. The van der Waals surface area contributed by atoms with Crippen LogP contribution in [0.5, 0.6) is 40.2 Å². The van der Waals surface area contributed by atoms with Gasteiger partial charge in [-0.3, -0.25) is 19.4 Å². The summed E-state index contributed by atoms with van der Waals surface area (Å²) in [6.45, 7) is 2.31. The minimum absolute atomic E-state index is 0.0978. The van der Waals surface area contributed by atoms with Crippen LogP contribution in [0.1, 0.15) is 78.2 Å². The molecule has 0 saturated carbocycles. The van der Waals surface area contributed by atoms with E-state index in [9.17, 15) is 14.7 Å². The standard InChI is InChI=1S/C48H51N3O8/c1-50-19-16-34-26-42(55-3)44-27-38(34)39(50)22-30-8-13-37(14-9-30)58-43-24-32(10-15-41(43)57-21-5-18-49-48(54)33-11-6-31(28-52)7-12-33)23-40-45-35(17-20-51(40)2)25-36(29-53)46(56-4)47(45)59-44/h6-15,24-28,39-40,53H,5,16-23,29H2,1-4H3,(H,49,54). The molecular weight excluding hydrogens is 747 g/mol. The number of amides is 1. The van der Waals surface area contributed by atoms with Crippen molar-refractivity contribution in [3.8, 4) is 40.2 Å². The second-order valence-electron chi connectivity index (χ2n) is 15.6. The van der Waals surface area contributed by atoms with Gasteiger partial charge in [0, 0.05) is 54.0 Å². The van der Waals surface area contributed by atoms with E-state index in [-0.39, 0.29) is 24.6 Å². The average molecular weight is 798 g/mol. The number of carbonyl (C=O) groups is 2. The number of hydrogen-bond donors (Lipinski definition) is 2. The monoisotopic (exact) mass is 797 g/mol. The number of methoxy groups -OCH3 is 2. The van der Waals surface area contributed by atoms with Gasteiger partial charge in [0.1, 0.15) is 12.0 Å². The lowest BCUT2D eigenvalue weighted by Gasteiger charge is -2.37. The van der Waals surface area contributed by atoms with E-state index in [1.807, 2.05) is 24.3 Å². The Hall–Kier alpha value is -5.88. The third kappa shape index (κ3) is 8.36. The fourth-order valence-electron chi connectivity index (χ4n) is 8.58. The summed E-state index contributed by atoms with van der Waals surface area (Å²) in [7, 11) is 7.60. The van der Waals surface area contributed by atoms with E-state index in [2.05, 4.69) is 65.6 Å². The van der Waals surface area contributed by atoms with Gasteiger partial charge in [-0.15, -0.1) is 0 Å². The van der Waals surface area contributed by atoms with Gasteiger partial charge < -0.3 is 34.1 Å². The molecule has 4 heterocycles. The first kappa shape index (κ1) is 39.9. The first-order valence-corrected chi connectivity index (χ1v) is 20.3. The Morgan fingerprint density at radius 2 is 1.53 bits per heavy atom. The molecule has 2 unspecified atom stereocenters. The molecule has 2 atom stereocenters. The molecule has 2 N–H and O–H groups in total. The number of likely N-dealkylation sites (N-methyl/N-ethyl adjacent to an activating group) is 2. The number of rotatable bonds is 10. The van der Waals surface area contributed by atoms with Crippen molar-refractivity contribution in [1.82, 2.24) is 15.1 Å². The Morgan fingerprint density at radius 1 is 0.814 bits per heavy atom. The number of aliphatic hydroxyl groups excluding tert-OH is 1. The number of ether oxygens (including phenoxy) is 5. The number of hydrogen-bond acceptors (Lipinski definition) is 10. The first-order chi connectivity index (χ1) is 28.8. The van der Waals surface area contributed by atoms with Crippen LogP contribution in [0, 0.1) is 0 Å². The molecule has 5 aromatic carbocycles. The van der Waals surface area contributed by atoms with E-state index in [0.29, 0.717) is 82.9 Å². The summed E-state index contributed by atoms with van der Waals surface area (Å²) in [5.41, 5.74) is 8.46. The van der Waals surface area contributed by atoms with Crippen LogP contribution >= 0.6 is 0 Å². The fraction of sp³-hybridized carbons (Fsp3) is 0.333. The summed E-state index contributed by atoms with van der Waals surface area (Å²) in [5, 5.41) is 13.5. The van der Waals surface area contributed by atoms with Gasteiger partial charge in [0.15, 0.2) is 34.5 Å². The number of aliphatic hydroxyl groups is 1. The van der Waals surface area contributed by atoms with E-state index in [1.165, 1.54) is 16.7 Å². The van der Waals surface area contributed by atoms with Gasteiger partial charge in [-0.25, -0.2) is 0 Å². The predicted molar refractivity (Wildman–Crippen MR) is 225 cm³/mol. The lowest BCUT2D eigenvalue weighted by molar-refractivity contribution is 0.0950. The number of nitrogens with one attached hydrogen (secondary N) is 1. The summed E-state index contributed by atoms with van der Waals surface area (Å²) in [6.07, 6.45) is 4.42. The maximum Gasteiger partial charge on any atom is 0.251 e. The van der Waals surface area contributed by atoms with Crippen molar-refractivity contribution < 1.29 is 38.4 Å². The molecule has 5 aromatic rings. The van der Waals surface area contributed by atoms with Gasteiger partial charge in [-0.05, 0) is 129 Å². The highest BCUT2D eigenvalue weighted by Crippen LogP contribution is 2.50. The topological polar surface area (TPSA) is 119 Å². The van der Waals surface area contributed by atoms with E-state index in [4.69, 9.17) is 23.7 Å². The molecular formula is C48H51N3O8. The molecule has 0 aromatic heterocycles. The van der Waals surface area contributed by atoms with Crippen molar-refractivity contribution in [2.75, 3.05) is 54.6 Å². The van der Waals surface area contributed by atoms with Crippen LogP contribution < -0.4 is 29.0 Å². The Labute approximate surface area is 345 Å². The highest BCUT2D eigenvalue weighted by atomic mass is 16.5. The molecule has 59 heavy (non-hydrogen) atoms. The predicted octanol–water partition coefficient (Wildman–Crippen LogP) is 7.65. The van der Waals surface area contributed by atoms with Gasteiger partial charge in [-0.1, -0.05) is 30.3 Å². The van der Waals surface area contributed by atoms with Crippen LogP contribution in [0.25, 0.3) is 0 Å². The van der Waals surface area contributed by atoms with E-state index in [1.54, 1.807) is 38.5 Å². The summed E-state index contributed by atoms with van der Waals surface area (Å²) >= 11 is 0. The van der Waals surface area contributed by atoms with Gasteiger partial charge in [0.25, 0.3) is 5.91 Å². The molecule has 11 nitrogen and oxygen atoms in total. The number of benzene rings is 5. The van der Waals surface area contributed by atoms with Crippen LogP contribution in [-0.2, 0) is 32.3 Å². The van der Waals surface area contributed by atoms with Crippen LogP contribution in [0.4, 0.5) is 0 Å². The second kappa shape index (κ2) is 17.5. The van der Waals surface area contributed by atoms with Crippen molar-refractivity contribution in [2.24, 2.45) is 0 Å². The normalized spacial score (nSPS) is 17.4. The molecule has 0 fully saturated rings. The molecule has 306 valence electrons. The van der Waals surface area contributed by atoms with Gasteiger partial charge in [-0.2, -0.15) is 0 Å². The quantitative estimate of drug-likeness (QED) is 0.108. The molecule has 6 bridgehead atoms. The molecule has 0 radical (unpaired) electrons. The second-order valence-corrected chi connectivity index (χ2v) is 15.6. The number of aldehydes is 1. The molecule has 11 heteroatoms. The zero-order chi connectivity index (χ0) is 41.0. The van der Waals surface area contributed by atoms with Crippen molar-refractivity contribution in [3.05, 3.63) is 135 Å². The minimum atomic E-state index is -0.207. The van der Waals surface area contributed by atoms with Crippen LogP contribution in [-0.4, -0.2) is 81.7 Å². The van der Waals surface area contributed by atoms with Crippen molar-refractivity contribution >= 4 is 12.2 Å². The van der Waals surface area contributed by atoms with Crippen molar-refractivity contribution in [2.45, 2.75) is 50.8 Å². The average Bonchev–Trinajstić information content (AvgIpc) is 3.26. The minimum Gasteiger partial charge on any atom is -0.493 e. The molecule has 0 aliphatic carbocycles. The Morgan fingerprint density at radius 3 is 2.25 bits per heavy atom. The van der Waals surface area contributed by atoms with Crippen LogP contribution in [0.2, 0.25) is 0 Å². The summed E-state index contributed by atoms with van der Waals surface area (Å²) in [4.78, 5) is 28.4. The van der Waals surface area contributed by atoms with E-state index < -0.39 is 0 Å². The number of carbonyl (C=O) groups excluding carboxylic acids is 2. The highest BCUT2D eigenvalue weighted by Gasteiger charge is 2.34. The summed E-state index contributed by atoms with van der Waals surface area (Å²) in [6, 6.07) is 27.2. The SMILES string of the molecule is COc1cc2c3cc1Oc1c(OC)c(CO)cc4c1C(Cc1ccc(OCCCNC(=O)c5ccc(C=O)cc5)c(c1)Oc1ccc(cc1)CC3N(C)CC2)N(C)CC4. The molecule has 0 saturated heterocycles.